The van der Waals surface area contributed by atoms with Crippen molar-refractivity contribution in [3.8, 4) is 0 Å². The molecular formula is C16H30O2. The maximum Gasteiger partial charge on any atom is 0.0684 e. The predicted molar refractivity (Wildman–Crippen MR) is 74.5 cm³/mol. The number of hydrogen-bond donors (Lipinski definition) is 1. The number of ether oxygens (including phenoxy) is 1. The molecule has 1 N–H and O–H groups in total. The first-order chi connectivity index (χ1) is 8.43. The van der Waals surface area contributed by atoms with Crippen molar-refractivity contribution < 1.29 is 9.84 Å². The molecule has 0 aromatic carbocycles. The van der Waals surface area contributed by atoms with E-state index in [1.807, 2.05) is 0 Å². The Bertz CT molecular complexity index is 271. The quantitative estimate of drug-likeness (QED) is 0.824. The van der Waals surface area contributed by atoms with Gasteiger partial charge in [-0.2, -0.15) is 0 Å². The second-order valence-corrected chi connectivity index (χ2v) is 7.18. The smallest absolute Gasteiger partial charge is 0.0684 e. The molecule has 2 unspecified atom stereocenters. The molecule has 0 spiro atoms. The summed E-state index contributed by atoms with van der Waals surface area (Å²) >= 11 is 0. The molecule has 2 aliphatic carbocycles. The second kappa shape index (κ2) is 5.13. The monoisotopic (exact) mass is 254 g/mol. The minimum absolute atomic E-state index is 0.0486. The average molecular weight is 254 g/mol. The Morgan fingerprint density at radius 2 is 1.67 bits per heavy atom. The van der Waals surface area contributed by atoms with Gasteiger partial charge in [0.1, 0.15) is 0 Å². The zero-order valence-electron chi connectivity index (χ0n) is 12.5. The molecule has 106 valence electrons. The lowest BCUT2D eigenvalue weighted by Crippen LogP contribution is -2.58. The predicted octanol–water partition coefficient (Wildman–Crippen LogP) is 3.91. The maximum absolute atomic E-state index is 10.1. The molecule has 2 atom stereocenters. The molecule has 0 aliphatic heterocycles. The van der Waals surface area contributed by atoms with Crippen LogP contribution in [0, 0.1) is 10.8 Å². The molecule has 0 saturated heterocycles. The van der Waals surface area contributed by atoms with Gasteiger partial charge in [0.25, 0.3) is 0 Å². The van der Waals surface area contributed by atoms with Crippen LogP contribution in [0.1, 0.15) is 72.6 Å². The van der Waals surface area contributed by atoms with Gasteiger partial charge in [0, 0.05) is 11.8 Å². The zero-order valence-corrected chi connectivity index (χ0v) is 12.5. The molecule has 2 heteroatoms. The summed E-state index contributed by atoms with van der Waals surface area (Å²) in [6.07, 6.45) is 8.46. The average Bonchev–Trinajstić information content (AvgIpc) is 2.32. The van der Waals surface area contributed by atoms with Crippen LogP contribution in [0.25, 0.3) is 0 Å². The lowest BCUT2D eigenvalue weighted by atomic mass is 9.60. The molecule has 2 rings (SSSR count). The van der Waals surface area contributed by atoms with Crippen molar-refractivity contribution in [1.29, 1.82) is 0 Å². The fraction of sp³-hybridized carbons (Fsp3) is 1.00. The maximum atomic E-state index is 10.1. The van der Waals surface area contributed by atoms with Crippen molar-refractivity contribution in [2.24, 2.45) is 10.8 Å². The van der Waals surface area contributed by atoms with E-state index in [4.69, 9.17) is 4.74 Å². The van der Waals surface area contributed by atoms with Crippen LogP contribution >= 0.6 is 0 Å². The molecule has 2 aliphatic rings. The topological polar surface area (TPSA) is 29.5 Å². The summed E-state index contributed by atoms with van der Waals surface area (Å²) in [5, 5.41) is 10.1. The van der Waals surface area contributed by atoms with E-state index in [-0.39, 0.29) is 11.5 Å². The number of rotatable bonds is 4. The standard InChI is InChI=1S/C16H30O2/c1-5-16(6-2)13(17)11-14(16)18-12-7-9-15(3,4)10-8-12/h12-14,17H,5-11H2,1-4H3. The second-order valence-electron chi connectivity index (χ2n) is 7.18. The van der Waals surface area contributed by atoms with Crippen molar-refractivity contribution >= 4 is 0 Å². The Balaban J connectivity index is 1.88. The molecule has 0 aromatic heterocycles. The van der Waals surface area contributed by atoms with E-state index in [9.17, 15) is 5.11 Å². The zero-order chi connectivity index (χ0) is 13.4. The summed E-state index contributed by atoms with van der Waals surface area (Å²) in [6, 6.07) is 0. The molecule has 2 fully saturated rings. The van der Waals surface area contributed by atoms with Gasteiger partial charge in [0.15, 0.2) is 0 Å². The van der Waals surface area contributed by atoms with Gasteiger partial charge in [-0.05, 0) is 43.9 Å². The van der Waals surface area contributed by atoms with Crippen LogP contribution in [0.2, 0.25) is 0 Å². The molecular weight excluding hydrogens is 224 g/mol. The van der Waals surface area contributed by atoms with E-state index in [0.29, 0.717) is 17.6 Å². The molecule has 18 heavy (non-hydrogen) atoms. The Labute approximate surface area is 112 Å². The highest BCUT2D eigenvalue weighted by molar-refractivity contribution is 5.03. The summed E-state index contributed by atoms with van der Waals surface area (Å²) in [6.45, 7) is 9.09. The third kappa shape index (κ3) is 2.46. The molecule has 0 radical (unpaired) electrons. The molecule has 0 aromatic rings. The highest BCUT2D eigenvalue weighted by Gasteiger charge is 2.53. The Morgan fingerprint density at radius 3 is 2.11 bits per heavy atom. The van der Waals surface area contributed by atoms with Gasteiger partial charge in [0.2, 0.25) is 0 Å². The van der Waals surface area contributed by atoms with Crippen LogP contribution in [0.4, 0.5) is 0 Å². The fourth-order valence-electron chi connectivity index (χ4n) is 3.84. The Morgan fingerprint density at radius 1 is 1.11 bits per heavy atom. The fourth-order valence-corrected chi connectivity index (χ4v) is 3.84. The molecule has 2 nitrogen and oxygen atoms in total. The summed E-state index contributed by atoms with van der Waals surface area (Å²) in [4.78, 5) is 0. The lowest BCUT2D eigenvalue weighted by Gasteiger charge is -2.54. The van der Waals surface area contributed by atoms with E-state index >= 15 is 0 Å². The molecule has 2 saturated carbocycles. The number of hydrogen-bond acceptors (Lipinski definition) is 2. The van der Waals surface area contributed by atoms with Gasteiger partial charge in [-0.1, -0.05) is 27.7 Å². The van der Waals surface area contributed by atoms with Gasteiger partial charge in [-0.3, -0.25) is 0 Å². The molecule has 0 amide bonds. The van der Waals surface area contributed by atoms with Crippen LogP contribution in [0.15, 0.2) is 0 Å². The Hall–Kier alpha value is -0.0800. The highest BCUT2D eigenvalue weighted by atomic mass is 16.5. The largest absolute Gasteiger partial charge is 0.392 e. The third-order valence-electron chi connectivity index (χ3n) is 5.70. The van der Waals surface area contributed by atoms with Crippen LogP contribution in [-0.2, 0) is 4.74 Å². The third-order valence-corrected chi connectivity index (χ3v) is 5.70. The normalized spacial score (nSPS) is 35.2. The van der Waals surface area contributed by atoms with Gasteiger partial charge in [-0.25, -0.2) is 0 Å². The SMILES string of the molecule is CCC1(CC)C(O)CC1OC1CCC(C)(C)CC1. The van der Waals surface area contributed by atoms with Crippen molar-refractivity contribution in [3.05, 3.63) is 0 Å². The lowest BCUT2D eigenvalue weighted by molar-refractivity contribution is -0.219. The van der Waals surface area contributed by atoms with Gasteiger partial charge >= 0.3 is 0 Å². The Kier molecular flexibility index (Phi) is 4.08. The number of aliphatic hydroxyl groups is 1. The highest BCUT2D eigenvalue weighted by Crippen LogP contribution is 2.50. The van der Waals surface area contributed by atoms with Gasteiger partial charge < -0.3 is 9.84 Å². The van der Waals surface area contributed by atoms with Crippen molar-refractivity contribution in [2.75, 3.05) is 0 Å². The van der Waals surface area contributed by atoms with Gasteiger partial charge in [-0.15, -0.1) is 0 Å². The van der Waals surface area contributed by atoms with Crippen molar-refractivity contribution in [1.82, 2.24) is 0 Å². The van der Waals surface area contributed by atoms with E-state index in [2.05, 4.69) is 27.7 Å². The van der Waals surface area contributed by atoms with Crippen molar-refractivity contribution in [2.45, 2.75) is 91.0 Å². The summed E-state index contributed by atoms with van der Waals surface area (Å²) in [5.74, 6) is 0. The van der Waals surface area contributed by atoms with Crippen LogP contribution < -0.4 is 0 Å². The summed E-state index contributed by atoms with van der Waals surface area (Å²) < 4.78 is 6.33. The minimum Gasteiger partial charge on any atom is -0.392 e. The summed E-state index contributed by atoms with van der Waals surface area (Å²) in [5.41, 5.74) is 0.554. The van der Waals surface area contributed by atoms with Crippen LogP contribution in [-0.4, -0.2) is 23.4 Å². The minimum atomic E-state index is -0.141. The number of aliphatic hydroxyl groups excluding tert-OH is 1. The van der Waals surface area contributed by atoms with Crippen LogP contribution in [0.3, 0.4) is 0 Å². The van der Waals surface area contributed by atoms with E-state index in [1.165, 1.54) is 25.7 Å². The molecule has 0 bridgehead atoms. The molecule has 0 heterocycles. The first-order valence-electron chi connectivity index (χ1n) is 7.77. The van der Waals surface area contributed by atoms with Gasteiger partial charge in [0.05, 0.1) is 18.3 Å². The summed E-state index contributed by atoms with van der Waals surface area (Å²) in [7, 11) is 0. The van der Waals surface area contributed by atoms with Crippen molar-refractivity contribution in [3.63, 3.8) is 0 Å². The van der Waals surface area contributed by atoms with E-state index < -0.39 is 0 Å². The van der Waals surface area contributed by atoms with E-state index in [0.717, 1.165) is 19.3 Å². The first-order valence-corrected chi connectivity index (χ1v) is 7.77. The van der Waals surface area contributed by atoms with E-state index in [1.54, 1.807) is 0 Å². The first kappa shape index (κ1) is 14.3. The van der Waals surface area contributed by atoms with Crippen LogP contribution in [0.5, 0.6) is 0 Å².